The molecule has 1 heterocycles. The van der Waals surface area contributed by atoms with Crippen molar-refractivity contribution in [3.63, 3.8) is 0 Å². The number of hydrogen-bond donors (Lipinski definition) is 1. The molecule has 1 unspecified atom stereocenters. The summed E-state index contributed by atoms with van der Waals surface area (Å²) >= 11 is 4.07. The van der Waals surface area contributed by atoms with Crippen molar-refractivity contribution in [3.8, 4) is 0 Å². The zero-order valence-electron chi connectivity index (χ0n) is 11.8. The quantitative estimate of drug-likeness (QED) is 0.456. The van der Waals surface area contributed by atoms with Gasteiger partial charge in [0, 0.05) is 13.6 Å². The van der Waals surface area contributed by atoms with Crippen LogP contribution in [0.1, 0.15) is 5.82 Å². The Morgan fingerprint density at radius 3 is 2.59 bits per heavy atom. The number of aryl methyl sites for hydroxylation is 1. The average molecular weight is 375 g/mol. The highest BCUT2D eigenvalue weighted by atomic mass is 35.5. The van der Waals surface area contributed by atoms with Crippen molar-refractivity contribution in [2.45, 2.75) is 6.92 Å². The van der Waals surface area contributed by atoms with E-state index in [9.17, 15) is 12.6 Å². The molecule has 0 saturated carbocycles. The van der Waals surface area contributed by atoms with Gasteiger partial charge in [-0.25, -0.2) is 13.4 Å². The Morgan fingerprint density at radius 1 is 1.32 bits per heavy atom. The van der Waals surface area contributed by atoms with Crippen LogP contribution in [0.3, 0.4) is 0 Å². The third kappa shape index (κ3) is 7.91. The maximum Gasteiger partial charge on any atom is 0.397 e. The smallest absolute Gasteiger partial charge is 0.343 e. The van der Waals surface area contributed by atoms with E-state index >= 15 is 0 Å². The van der Waals surface area contributed by atoms with Crippen LogP contribution in [0.5, 0.6) is 0 Å². The van der Waals surface area contributed by atoms with Gasteiger partial charge in [-0.05, 0) is 18.5 Å². The van der Waals surface area contributed by atoms with E-state index in [0.717, 1.165) is 0 Å². The van der Waals surface area contributed by atoms with Gasteiger partial charge in [0.05, 0.1) is 19.0 Å². The molecule has 0 amide bonds. The summed E-state index contributed by atoms with van der Waals surface area (Å²) in [5.41, 5.74) is 0. The van der Waals surface area contributed by atoms with Crippen molar-refractivity contribution >= 4 is 39.0 Å². The Bertz CT molecular complexity index is 608. The Hall–Kier alpha value is -0.920. The highest BCUT2D eigenvalue weighted by molar-refractivity contribution is 7.81. The Labute approximate surface area is 135 Å². The van der Waals surface area contributed by atoms with Gasteiger partial charge >= 0.3 is 10.4 Å². The average Bonchev–Trinajstić information content (AvgIpc) is 2.38. The highest BCUT2D eigenvalue weighted by Crippen LogP contribution is 2.09. The van der Waals surface area contributed by atoms with Gasteiger partial charge in [0.2, 0.25) is 11.2 Å². The summed E-state index contributed by atoms with van der Waals surface area (Å²) < 4.78 is 49.3. The van der Waals surface area contributed by atoms with E-state index in [-0.39, 0.29) is 17.6 Å². The van der Waals surface area contributed by atoms with Crippen molar-refractivity contribution in [1.29, 1.82) is 0 Å². The topological polar surface area (TPSA) is 132 Å². The van der Waals surface area contributed by atoms with Crippen LogP contribution < -0.4 is 4.90 Å². The Morgan fingerprint density at radius 2 is 2.00 bits per heavy atom. The monoisotopic (exact) mass is 374 g/mol. The molecule has 0 aliphatic heterocycles. The maximum atomic E-state index is 11.6. The number of aromatic nitrogens is 3. The number of halogens is 1. The molecule has 0 bridgehead atoms. The second-order valence-electron chi connectivity index (χ2n) is 3.95. The Balaban J connectivity index is 2.34. The second kappa shape index (κ2) is 8.64. The predicted molar refractivity (Wildman–Crippen MR) is 79.3 cm³/mol. The highest BCUT2D eigenvalue weighted by Gasteiger charge is 2.10. The normalized spacial score (nSPS) is 13.1. The molecule has 1 N–H and O–H groups in total. The first kappa shape index (κ1) is 19.1. The molecule has 1 atom stereocenters. The lowest BCUT2D eigenvalue weighted by atomic mass is 10.6. The summed E-state index contributed by atoms with van der Waals surface area (Å²) in [7, 11) is -2.83. The minimum Gasteiger partial charge on any atom is -0.343 e. The van der Waals surface area contributed by atoms with Crippen molar-refractivity contribution in [2.24, 2.45) is 0 Å². The lowest BCUT2D eigenvalue weighted by Gasteiger charge is -2.16. The predicted octanol–water partition coefficient (Wildman–Crippen LogP) is -0.231. The van der Waals surface area contributed by atoms with Gasteiger partial charge in [-0.2, -0.15) is 18.4 Å². The van der Waals surface area contributed by atoms with E-state index in [1.54, 1.807) is 18.9 Å². The SMILES string of the molecule is Cc1nc(Cl)nc(N(C)CCS(=O)OCCOS(=O)(=O)O)n1. The summed E-state index contributed by atoms with van der Waals surface area (Å²) in [4.78, 5) is 13.5. The fourth-order valence-corrected chi connectivity index (χ4v) is 2.51. The summed E-state index contributed by atoms with van der Waals surface area (Å²) in [5, 5.41) is 0.0640. The molecule has 10 nitrogen and oxygen atoms in total. The second-order valence-corrected chi connectivity index (χ2v) is 6.63. The van der Waals surface area contributed by atoms with Crippen LogP contribution >= 0.6 is 11.6 Å². The molecule has 13 heteroatoms. The third-order valence-corrected chi connectivity index (χ3v) is 3.75. The third-order valence-electron chi connectivity index (χ3n) is 2.17. The molecule has 0 saturated heterocycles. The molecule has 0 aromatic carbocycles. The fourth-order valence-electron chi connectivity index (χ4n) is 1.24. The first-order valence-corrected chi connectivity index (χ1v) is 8.89. The first-order chi connectivity index (χ1) is 10.2. The molecule has 1 aromatic heterocycles. The van der Waals surface area contributed by atoms with E-state index in [0.29, 0.717) is 18.3 Å². The zero-order valence-corrected chi connectivity index (χ0v) is 14.2. The van der Waals surface area contributed by atoms with Crippen molar-refractivity contribution in [2.75, 3.05) is 37.5 Å². The van der Waals surface area contributed by atoms with Gasteiger partial charge in [-0.3, -0.25) is 8.74 Å². The first-order valence-electron chi connectivity index (χ1n) is 5.90. The van der Waals surface area contributed by atoms with Crippen LogP contribution in [-0.2, 0) is 29.8 Å². The molecule has 0 spiro atoms. The van der Waals surface area contributed by atoms with Gasteiger partial charge < -0.3 is 4.90 Å². The minimum absolute atomic E-state index is 0.0640. The molecular formula is C9H15ClN4O6S2. The molecular weight excluding hydrogens is 360 g/mol. The molecule has 1 aromatic rings. The fraction of sp³-hybridized carbons (Fsp3) is 0.667. The van der Waals surface area contributed by atoms with Crippen molar-refractivity contribution < 1.29 is 25.5 Å². The van der Waals surface area contributed by atoms with Crippen LogP contribution in [0.15, 0.2) is 0 Å². The van der Waals surface area contributed by atoms with E-state index in [4.69, 9.17) is 20.3 Å². The Kier molecular flexibility index (Phi) is 7.52. The summed E-state index contributed by atoms with van der Waals surface area (Å²) in [6.45, 7) is 1.31. The molecule has 1 rings (SSSR count). The molecule has 0 aliphatic rings. The lowest BCUT2D eigenvalue weighted by molar-refractivity contribution is 0.212. The largest absolute Gasteiger partial charge is 0.397 e. The van der Waals surface area contributed by atoms with Crippen LogP contribution in [0, 0.1) is 6.92 Å². The summed E-state index contributed by atoms with van der Waals surface area (Å²) in [5.74, 6) is 0.927. The van der Waals surface area contributed by atoms with Gasteiger partial charge in [0.25, 0.3) is 0 Å². The molecule has 0 aliphatic carbocycles. The standard InChI is InChI=1S/C9H15ClN4O6S2/c1-7-11-8(10)13-9(12-7)14(2)3-6-21(15)19-4-5-20-22(16,17)18/h3-6H2,1-2H3,(H,16,17,18). The van der Waals surface area contributed by atoms with Gasteiger partial charge in [-0.15, -0.1) is 0 Å². The zero-order chi connectivity index (χ0) is 16.8. The minimum atomic E-state index is -4.51. The van der Waals surface area contributed by atoms with Crippen LogP contribution in [0.4, 0.5) is 5.95 Å². The molecule has 22 heavy (non-hydrogen) atoms. The summed E-state index contributed by atoms with van der Waals surface area (Å²) in [6.07, 6.45) is 0. The van der Waals surface area contributed by atoms with Gasteiger partial charge in [0.1, 0.15) is 5.82 Å². The van der Waals surface area contributed by atoms with Crippen molar-refractivity contribution in [3.05, 3.63) is 11.1 Å². The van der Waals surface area contributed by atoms with Crippen LogP contribution in [-0.4, -0.2) is 64.7 Å². The van der Waals surface area contributed by atoms with E-state index in [2.05, 4.69) is 19.1 Å². The van der Waals surface area contributed by atoms with Gasteiger partial charge in [-0.1, -0.05) is 0 Å². The number of hydrogen-bond acceptors (Lipinski definition) is 9. The number of nitrogens with zero attached hydrogens (tertiary/aromatic N) is 4. The summed E-state index contributed by atoms with van der Waals surface area (Å²) in [6, 6.07) is 0. The number of anilines is 1. The van der Waals surface area contributed by atoms with E-state index < -0.39 is 28.1 Å². The number of rotatable bonds is 9. The molecule has 126 valence electrons. The van der Waals surface area contributed by atoms with E-state index in [1.165, 1.54) is 0 Å². The molecule has 0 fully saturated rings. The van der Waals surface area contributed by atoms with Crippen LogP contribution in [0.25, 0.3) is 0 Å². The molecule has 0 radical (unpaired) electrons. The van der Waals surface area contributed by atoms with Gasteiger partial charge in [0.15, 0.2) is 11.1 Å². The van der Waals surface area contributed by atoms with E-state index in [1.807, 2.05) is 0 Å². The maximum absolute atomic E-state index is 11.6. The lowest BCUT2D eigenvalue weighted by Crippen LogP contribution is -2.26. The van der Waals surface area contributed by atoms with Crippen molar-refractivity contribution in [1.82, 2.24) is 15.0 Å². The van der Waals surface area contributed by atoms with Crippen LogP contribution in [0.2, 0.25) is 5.28 Å².